The quantitative estimate of drug-likeness (QED) is 0.820. The number of rotatable bonds is 7. The monoisotopic (exact) mass is 263 g/mol. The highest BCUT2D eigenvalue weighted by molar-refractivity contribution is 5.43. The molecule has 19 heavy (non-hydrogen) atoms. The molecule has 0 radical (unpaired) electrons. The number of ether oxygens (including phenoxy) is 2. The van der Waals surface area contributed by atoms with Gasteiger partial charge in [0.1, 0.15) is 0 Å². The molecule has 0 aromatic heterocycles. The minimum Gasteiger partial charge on any atom is -0.493 e. The molecule has 0 heterocycles. The van der Waals surface area contributed by atoms with Gasteiger partial charge in [-0.1, -0.05) is 13.0 Å². The molecule has 1 aromatic carbocycles. The van der Waals surface area contributed by atoms with Crippen molar-refractivity contribution in [2.45, 2.75) is 32.2 Å². The van der Waals surface area contributed by atoms with E-state index in [2.05, 4.69) is 31.4 Å². The Kier molecular flexibility index (Phi) is 4.70. The molecule has 1 saturated carbocycles. The van der Waals surface area contributed by atoms with Gasteiger partial charge in [0.15, 0.2) is 11.5 Å². The summed E-state index contributed by atoms with van der Waals surface area (Å²) in [5, 5.41) is 3.47. The number of methoxy groups -OCH3 is 2. The first-order valence-corrected chi connectivity index (χ1v) is 7.07. The van der Waals surface area contributed by atoms with Crippen LogP contribution in [0.4, 0.5) is 0 Å². The predicted molar refractivity (Wildman–Crippen MR) is 78.0 cm³/mol. The lowest BCUT2D eigenvalue weighted by Crippen LogP contribution is -2.35. The lowest BCUT2D eigenvalue weighted by Gasteiger charge is -2.24. The van der Waals surface area contributed by atoms with Crippen molar-refractivity contribution < 1.29 is 9.47 Å². The Labute approximate surface area is 116 Å². The van der Waals surface area contributed by atoms with E-state index < -0.39 is 0 Å². The van der Waals surface area contributed by atoms with Crippen LogP contribution in [-0.4, -0.2) is 27.3 Å². The van der Waals surface area contributed by atoms with E-state index in [1.807, 2.05) is 6.07 Å². The van der Waals surface area contributed by atoms with Gasteiger partial charge in [0.05, 0.1) is 14.2 Å². The lowest BCUT2D eigenvalue weighted by molar-refractivity contribution is 0.348. The molecule has 0 aliphatic heterocycles. The summed E-state index contributed by atoms with van der Waals surface area (Å²) in [5.41, 5.74) is 1.30. The summed E-state index contributed by atoms with van der Waals surface area (Å²) in [4.78, 5) is 0. The molecule has 1 aromatic rings. The first kappa shape index (κ1) is 14.2. The van der Waals surface area contributed by atoms with Crippen LogP contribution in [0.5, 0.6) is 11.5 Å². The fourth-order valence-corrected chi connectivity index (χ4v) is 2.76. The molecule has 1 aliphatic carbocycles. The van der Waals surface area contributed by atoms with Crippen LogP contribution in [0.3, 0.4) is 0 Å². The van der Waals surface area contributed by atoms with Gasteiger partial charge in [-0.2, -0.15) is 0 Å². The van der Waals surface area contributed by atoms with Gasteiger partial charge in [0.2, 0.25) is 0 Å². The summed E-state index contributed by atoms with van der Waals surface area (Å²) in [6, 6.07) is 6.74. The van der Waals surface area contributed by atoms with Crippen molar-refractivity contribution in [2.75, 3.05) is 21.3 Å². The molecule has 2 unspecified atom stereocenters. The standard InChI is InChI=1S/C16H25NO2/c1-11(13-6-7-13)14(17-2)9-12-5-8-15(18-3)16(10-12)19-4/h5,8,10-11,13-14,17H,6-7,9H2,1-4H3. The van der Waals surface area contributed by atoms with Crippen molar-refractivity contribution in [3.63, 3.8) is 0 Å². The molecule has 1 aliphatic rings. The smallest absolute Gasteiger partial charge is 0.160 e. The molecule has 2 atom stereocenters. The van der Waals surface area contributed by atoms with Crippen molar-refractivity contribution in [1.82, 2.24) is 5.32 Å². The molecule has 2 rings (SSSR count). The van der Waals surface area contributed by atoms with Gasteiger partial charge in [0, 0.05) is 6.04 Å². The molecule has 0 bridgehead atoms. The van der Waals surface area contributed by atoms with E-state index in [0.29, 0.717) is 6.04 Å². The second-order valence-electron chi connectivity index (χ2n) is 5.49. The normalized spacial score (nSPS) is 17.9. The zero-order valence-electron chi connectivity index (χ0n) is 12.4. The van der Waals surface area contributed by atoms with Crippen LogP contribution < -0.4 is 14.8 Å². The lowest BCUT2D eigenvalue weighted by atomic mass is 9.91. The van der Waals surface area contributed by atoms with Crippen LogP contribution in [0.1, 0.15) is 25.3 Å². The number of likely N-dealkylation sites (N-methyl/N-ethyl adjacent to an activating group) is 1. The second-order valence-corrected chi connectivity index (χ2v) is 5.49. The summed E-state index contributed by atoms with van der Waals surface area (Å²) in [5.74, 6) is 3.26. The van der Waals surface area contributed by atoms with Crippen molar-refractivity contribution in [2.24, 2.45) is 11.8 Å². The highest BCUT2D eigenvalue weighted by Crippen LogP contribution is 2.39. The van der Waals surface area contributed by atoms with Crippen molar-refractivity contribution >= 4 is 0 Å². The summed E-state index contributed by atoms with van der Waals surface area (Å²) in [6.07, 6.45) is 3.82. The number of benzene rings is 1. The summed E-state index contributed by atoms with van der Waals surface area (Å²) in [7, 11) is 5.41. The molecule has 0 amide bonds. The van der Waals surface area contributed by atoms with Crippen molar-refractivity contribution in [1.29, 1.82) is 0 Å². The minimum atomic E-state index is 0.533. The topological polar surface area (TPSA) is 30.5 Å². The Bertz CT molecular complexity index is 415. The van der Waals surface area contributed by atoms with Gasteiger partial charge in [-0.15, -0.1) is 0 Å². The minimum absolute atomic E-state index is 0.533. The van der Waals surface area contributed by atoms with E-state index in [-0.39, 0.29) is 0 Å². The zero-order chi connectivity index (χ0) is 13.8. The Morgan fingerprint density at radius 3 is 2.42 bits per heavy atom. The molecule has 3 nitrogen and oxygen atoms in total. The molecule has 1 N–H and O–H groups in total. The molecule has 3 heteroatoms. The maximum absolute atomic E-state index is 5.37. The number of nitrogens with one attached hydrogen (secondary N) is 1. The summed E-state index contributed by atoms with van der Waals surface area (Å²) >= 11 is 0. The number of hydrogen-bond donors (Lipinski definition) is 1. The highest BCUT2D eigenvalue weighted by Gasteiger charge is 2.32. The van der Waals surface area contributed by atoms with Crippen LogP contribution in [0.2, 0.25) is 0 Å². The summed E-state index contributed by atoms with van der Waals surface area (Å²) in [6.45, 7) is 2.36. The summed E-state index contributed by atoms with van der Waals surface area (Å²) < 4.78 is 10.6. The van der Waals surface area contributed by atoms with Crippen molar-refractivity contribution in [3.8, 4) is 11.5 Å². The molecular formula is C16H25NO2. The molecule has 0 spiro atoms. The van der Waals surface area contributed by atoms with Gasteiger partial charge in [-0.3, -0.25) is 0 Å². The van der Waals surface area contributed by atoms with E-state index >= 15 is 0 Å². The SMILES string of the molecule is CNC(Cc1ccc(OC)c(OC)c1)C(C)C1CC1. The van der Waals surface area contributed by atoms with Crippen LogP contribution >= 0.6 is 0 Å². The van der Waals surface area contributed by atoms with Gasteiger partial charge < -0.3 is 14.8 Å². The Morgan fingerprint density at radius 2 is 1.89 bits per heavy atom. The third-order valence-corrected chi connectivity index (χ3v) is 4.27. The molecule has 0 saturated heterocycles. The molecule has 106 valence electrons. The van der Waals surface area contributed by atoms with Gasteiger partial charge in [-0.25, -0.2) is 0 Å². The van der Waals surface area contributed by atoms with E-state index in [1.54, 1.807) is 14.2 Å². The highest BCUT2D eigenvalue weighted by atomic mass is 16.5. The Balaban J connectivity index is 2.08. The fraction of sp³-hybridized carbons (Fsp3) is 0.625. The van der Waals surface area contributed by atoms with Crippen LogP contribution in [0.25, 0.3) is 0 Å². The Hall–Kier alpha value is -1.22. The zero-order valence-corrected chi connectivity index (χ0v) is 12.4. The first-order valence-electron chi connectivity index (χ1n) is 7.07. The molecule has 1 fully saturated rings. The molecular weight excluding hydrogens is 238 g/mol. The van der Waals surface area contributed by atoms with Crippen LogP contribution in [0, 0.1) is 11.8 Å². The number of hydrogen-bond acceptors (Lipinski definition) is 3. The average molecular weight is 263 g/mol. The van der Waals surface area contributed by atoms with Gasteiger partial charge in [0.25, 0.3) is 0 Å². The largest absolute Gasteiger partial charge is 0.493 e. The van der Waals surface area contributed by atoms with Gasteiger partial charge in [-0.05, 0) is 55.8 Å². The van der Waals surface area contributed by atoms with E-state index in [1.165, 1.54) is 18.4 Å². The maximum atomic E-state index is 5.37. The van der Waals surface area contributed by atoms with E-state index in [0.717, 1.165) is 29.8 Å². The van der Waals surface area contributed by atoms with E-state index in [9.17, 15) is 0 Å². The van der Waals surface area contributed by atoms with Gasteiger partial charge >= 0.3 is 0 Å². The Morgan fingerprint density at radius 1 is 1.21 bits per heavy atom. The fourth-order valence-electron chi connectivity index (χ4n) is 2.76. The van der Waals surface area contributed by atoms with Crippen LogP contribution in [-0.2, 0) is 6.42 Å². The third kappa shape index (κ3) is 3.41. The predicted octanol–water partition coefficient (Wildman–Crippen LogP) is 2.88. The van der Waals surface area contributed by atoms with Crippen molar-refractivity contribution in [3.05, 3.63) is 23.8 Å². The third-order valence-electron chi connectivity index (χ3n) is 4.27. The average Bonchev–Trinajstić information content (AvgIpc) is 3.28. The van der Waals surface area contributed by atoms with Crippen LogP contribution in [0.15, 0.2) is 18.2 Å². The first-order chi connectivity index (χ1) is 9.19. The van der Waals surface area contributed by atoms with E-state index in [4.69, 9.17) is 9.47 Å². The second kappa shape index (κ2) is 6.29. The maximum Gasteiger partial charge on any atom is 0.160 e.